The molecule has 0 fully saturated rings. The minimum absolute atomic E-state index is 0.502. The molecule has 0 radical (unpaired) electrons. The Morgan fingerprint density at radius 1 is 1.53 bits per heavy atom. The van der Waals surface area contributed by atoms with Crippen molar-refractivity contribution in [1.29, 1.82) is 0 Å². The van der Waals surface area contributed by atoms with Gasteiger partial charge in [0.15, 0.2) is 0 Å². The van der Waals surface area contributed by atoms with Crippen LogP contribution in [-0.4, -0.2) is 0 Å². The van der Waals surface area contributed by atoms with Gasteiger partial charge in [-0.15, -0.1) is 0 Å². The van der Waals surface area contributed by atoms with E-state index in [2.05, 4.69) is 32.6 Å². The summed E-state index contributed by atoms with van der Waals surface area (Å²) in [5, 5.41) is 0.598. The maximum absolute atomic E-state index is 6.00. The molecular weight excluding hydrogens is 206 g/mol. The predicted molar refractivity (Wildman–Crippen MR) is 67.9 cm³/mol. The Balaban J connectivity index is 3.21. The van der Waals surface area contributed by atoms with Gasteiger partial charge in [-0.05, 0) is 35.1 Å². The number of benzene rings is 1. The maximum Gasteiger partial charge on any atom is 0.0409 e. The molecule has 0 saturated carbocycles. The van der Waals surface area contributed by atoms with Crippen LogP contribution in [0.2, 0.25) is 0 Å². The van der Waals surface area contributed by atoms with Gasteiger partial charge in [-0.1, -0.05) is 44.2 Å². The molecule has 0 saturated heterocycles. The average molecular weight is 224 g/mol. The van der Waals surface area contributed by atoms with Crippen LogP contribution in [-0.2, 0) is 6.54 Å². The Labute approximate surface area is 96.9 Å². The van der Waals surface area contributed by atoms with Crippen LogP contribution in [0.15, 0.2) is 24.8 Å². The van der Waals surface area contributed by atoms with Gasteiger partial charge in [0.2, 0.25) is 0 Å². The molecule has 2 heteroatoms. The molecular formula is C13H18ClN. The molecule has 0 spiro atoms. The zero-order valence-electron chi connectivity index (χ0n) is 9.39. The van der Waals surface area contributed by atoms with Crippen LogP contribution in [0.4, 0.5) is 0 Å². The first-order chi connectivity index (χ1) is 7.10. The standard InChI is InChI=1S/C13H18ClN/c1-4-9(2)12-6-5-11(8-15)7-13(12)10(3)14/h5-7,9H,3-4,8,15H2,1-2H3. The largest absolute Gasteiger partial charge is 0.326 e. The molecule has 1 atom stereocenters. The molecule has 1 aromatic rings. The third-order valence-corrected chi connectivity index (χ3v) is 2.99. The Bertz CT molecular complexity index is 358. The monoisotopic (exact) mass is 223 g/mol. The van der Waals surface area contributed by atoms with Gasteiger partial charge in [0, 0.05) is 11.6 Å². The van der Waals surface area contributed by atoms with Gasteiger partial charge in [-0.3, -0.25) is 0 Å². The Hall–Kier alpha value is -0.790. The first-order valence-corrected chi connectivity index (χ1v) is 5.65. The molecule has 15 heavy (non-hydrogen) atoms. The van der Waals surface area contributed by atoms with E-state index in [1.54, 1.807) is 0 Å². The Morgan fingerprint density at radius 2 is 2.20 bits per heavy atom. The number of halogens is 1. The van der Waals surface area contributed by atoms with Crippen molar-refractivity contribution in [2.45, 2.75) is 32.7 Å². The molecule has 0 aliphatic rings. The van der Waals surface area contributed by atoms with Crippen LogP contribution >= 0.6 is 11.6 Å². The molecule has 2 N–H and O–H groups in total. The molecule has 0 bridgehead atoms. The summed E-state index contributed by atoms with van der Waals surface area (Å²) in [5.74, 6) is 0.502. The average Bonchev–Trinajstić information content (AvgIpc) is 2.27. The molecule has 0 aliphatic carbocycles. The smallest absolute Gasteiger partial charge is 0.0409 e. The molecule has 0 amide bonds. The van der Waals surface area contributed by atoms with E-state index in [0.717, 1.165) is 17.5 Å². The number of nitrogens with two attached hydrogens (primary N) is 1. The molecule has 0 heterocycles. The summed E-state index contributed by atoms with van der Waals surface area (Å²) in [7, 11) is 0. The second kappa shape index (κ2) is 5.34. The van der Waals surface area contributed by atoms with Crippen LogP contribution in [0.5, 0.6) is 0 Å². The highest BCUT2D eigenvalue weighted by atomic mass is 35.5. The van der Waals surface area contributed by atoms with Crippen LogP contribution in [0.3, 0.4) is 0 Å². The topological polar surface area (TPSA) is 26.0 Å². The van der Waals surface area contributed by atoms with Crippen molar-refractivity contribution in [3.63, 3.8) is 0 Å². The van der Waals surface area contributed by atoms with E-state index in [0.29, 0.717) is 17.5 Å². The van der Waals surface area contributed by atoms with Gasteiger partial charge in [0.1, 0.15) is 0 Å². The summed E-state index contributed by atoms with van der Waals surface area (Å²) in [6, 6.07) is 6.21. The second-order valence-corrected chi connectivity index (χ2v) is 4.30. The van der Waals surface area contributed by atoms with Gasteiger partial charge in [0.25, 0.3) is 0 Å². The maximum atomic E-state index is 6.00. The first-order valence-electron chi connectivity index (χ1n) is 5.27. The minimum Gasteiger partial charge on any atom is -0.326 e. The normalized spacial score (nSPS) is 12.5. The van der Waals surface area contributed by atoms with Crippen molar-refractivity contribution in [3.05, 3.63) is 41.5 Å². The lowest BCUT2D eigenvalue weighted by Gasteiger charge is -2.15. The van der Waals surface area contributed by atoms with E-state index in [1.165, 1.54) is 5.56 Å². The summed E-state index contributed by atoms with van der Waals surface area (Å²) in [6.45, 7) is 8.71. The molecule has 0 aliphatic heterocycles. The fourth-order valence-corrected chi connectivity index (χ4v) is 1.78. The fourth-order valence-electron chi connectivity index (χ4n) is 1.61. The van der Waals surface area contributed by atoms with Crippen molar-refractivity contribution < 1.29 is 0 Å². The van der Waals surface area contributed by atoms with E-state index in [-0.39, 0.29) is 0 Å². The number of hydrogen-bond donors (Lipinski definition) is 1. The van der Waals surface area contributed by atoms with Gasteiger partial charge in [-0.2, -0.15) is 0 Å². The van der Waals surface area contributed by atoms with Crippen molar-refractivity contribution in [3.8, 4) is 0 Å². The molecule has 1 aromatic carbocycles. The highest BCUT2D eigenvalue weighted by Crippen LogP contribution is 2.29. The van der Waals surface area contributed by atoms with Crippen LogP contribution in [0, 0.1) is 0 Å². The first kappa shape index (κ1) is 12.3. The van der Waals surface area contributed by atoms with Crippen molar-refractivity contribution in [1.82, 2.24) is 0 Å². The fraction of sp³-hybridized carbons (Fsp3) is 0.385. The lowest BCUT2D eigenvalue weighted by Crippen LogP contribution is -2.01. The summed E-state index contributed by atoms with van der Waals surface area (Å²) < 4.78 is 0. The lowest BCUT2D eigenvalue weighted by atomic mass is 9.92. The van der Waals surface area contributed by atoms with Crippen LogP contribution < -0.4 is 5.73 Å². The molecule has 1 nitrogen and oxygen atoms in total. The van der Waals surface area contributed by atoms with Crippen LogP contribution in [0.25, 0.3) is 5.03 Å². The molecule has 82 valence electrons. The van der Waals surface area contributed by atoms with Crippen LogP contribution in [0.1, 0.15) is 42.9 Å². The van der Waals surface area contributed by atoms with Crippen molar-refractivity contribution in [2.75, 3.05) is 0 Å². The summed E-state index contributed by atoms with van der Waals surface area (Å²) in [4.78, 5) is 0. The summed E-state index contributed by atoms with van der Waals surface area (Å²) in [6.07, 6.45) is 1.10. The SMILES string of the molecule is C=C(Cl)c1cc(CN)ccc1C(C)CC. The number of hydrogen-bond acceptors (Lipinski definition) is 1. The van der Waals surface area contributed by atoms with E-state index < -0.39 is 0 Å². The summed E-state index contributed by atoms with van der Waals surface area (Å²) >= 11 is 6.00. The highest BCUT2D eigenvalue weighted by Gasteiger charge is 2.10. The predicted octanol–water partition coefficient (Wildman–Crippen LogP) is 3.87. The quantitative estimate of drug-likeness (QED) is 0.824. The van der Waals surface area contributed by atoms with Gasteiger partial charge in [-0.25, -0.2) is 0 Å². The molecule has 0 aromatic heterocycles. The third-order valence-electron chi connectivity index (χ3n) is 2.79. The third kappa shape index (κ3) is 2.83. The van der Waals surface area contributed by atoms with Gasteiger partial charge in [0.05, 0.1) is 0 Å². The highest BCUT2D eigenvalue weighted by molar-refractivity contribution is 6.48. The van der Waals surface area contributed by atoms with Gasteiger partial charge < -0.3 is 5.73 Å². The van der Waals surface area contributed by atoms with Gasteiger partial charge >= 0.3 is 0 Å². The van der Waals surface area contributed by atoms with Crippen molar-refractivity contribution >= 4 is 16.6 Å². The molecule has 1 rings (SSSR count). The van der Waals surface area contributed by atoms with E-state index in [1.807, 2.05) is 6.07 Å². The Kier molecular flexibility index (Phi) is 4.37. The van der Waals surface area contributed by atoms with E-state index in [4.69, 9.17) is 17.3 Å². The zero-order valence-corrected chi connectivity index (χ0v) is 10.1. The number of rotatable bonds is 4. The zero-order chi connectivity index (χ0) is 11.4. The second-order valence-electron chi connectivity index (χ2n) is 3.84. The molecule has 1 unspecified atom stereocenters. The Morgan fingerprint density at radius 3 is 2.67 bits per heavy atom. The minimum atomic E-state index is 0.502. The van der Waals surface area contributed by atoms with E-state index >= 15 is 0 Å². The van der Waals surface area contributed by atoms with Crippen molar-refractivity contribution in [2.24, 2.45) is 5.73 Å². The lowest BCUT2D eigenvalue weighted by molar-refractivity contribution is 0.731. The van der Waals surface area contributed by atoms with E-state index in [9.17, 15) is 0 Å². The summed E-state index contributed by atoms with van der Waals surface area (Å²) in [5.41, 5.74) is 9.00.